The maximum atomic E-state index is 12.4. The summed E-state index contributed by atoms with van der Waals surface area (Å²) in [5.41, 5.74) is 0. The lowest BCUT2D eigenvalue weighted by Gasteiger charge is -2.40. The van der Waals surface area contributed by atoms with Gasteiger partial charge in [0.05, 0.1) is 4.88 Å². The van der Waals surface area contributed by atoms with Gasteiger partial charge in [0.25, 0.3) is 5.91 Å². The first-order chi connectivity index (χ1) is 10.6. The van der Waals surface area contributed by atoms with Crippen LogP contribution in [0.4, 0.5) is 0 Å². The van der Waals surface area contributed by atoms with Crippen molar-refractivity contribution in [1.29, 1.82) is 0 Å². The predicted molar refractivity (Wildman–Crippen MR) is 89.1 cm³/mol. The van der Waals surface area contributed by atoms with Gasteiger partial charge < -0.3 is 10.0 Å². The number of thioether (sulfide) groups is 1. The number of piperidine rings is 1. The van der Waals surface area contributed by atoms with Crippen LogP contribution in [0.3, 0.4) is 0 Å². The highest BCUT2D eigenvalue weighted by molar-refractivity contribution is 7.99. The summed E-state index contributed by atoms with van der Waals surface area (Å²) < 4.78 is 0. The van der Waals surface area contributed by atoms with Crippen LogP contribution in [0, 0.1) is 0 Å². The maximum Gasteiger partial charge on any atom is 0.345 e. The lowest BCUT2D eigenvalue weighted by Crippen LogP contribution is -2.48. The van der Waals surface area contributed by atoms with E-state index in [1.54, 1.807) is 6.07 Å². The SMILES string of the molecule is O=C(O)c1ccc(C(=O)N2CCC(N3CCSCC3)CC2)s1. The Bertz CT molecular complexity index is 547. The van der Waals surface area contributed by atoms with E-state index < -0.39 is 5.97 Å². The molecule has 0 bridgehead atoms. The Morgan fingerprint density at radius 1 is 1.05 bits per heavy atom. The van der Waals surface area contributed by atoms with Gasteiger partial charge in [0, 0.05) is 43.7 Å². The summed E-state index contributed by atoms with van der Waals surface area (Å²) in [4.78, 5) is 28.5. The zero-order valence-electron chi connectivity index (χ0n) is 12.4. The number of carboxylic acid groups (broad SMARTS) is 1. The molecule has 3 rings (SSSR count). The van der Waals surface area contributed by atoms with Gasteiger partial charge in [0.15, 0.2) is 0 Å². The molecular weight excluding hydrogens is 320 g/mol. The second-order valence-electron chi connectivity index (χ2n) is 5.64. The van der Waals surface area contributed by atoms with Gasteiger partial charge in [-0.15, -0.1) is 11.3 Å². The van der Waals surface area contributed by atoms with Crippen LogP contribution in [0.2, 0.25) is 0 Å². The molecule has 2 aliphatic heterocycles. The maximum absolute atomic E-state index is 12.4. The normalized spacial score (nSPS) is 21.0. The molecule has 0 radical (unpaired) electrons. The van der Waals surface area contributed by atoms with Crippen molar-refractivity contribution < 1.29 is 14.7 Å². The number of hydrogen-bond donors (Lipinski definition) is 1. The second-order valence-corrected chi connectivity index (χ2v) is 7.95. The Morgan fingerprint density at radius 3 is 2.27 bits per heavy atom. The molecule has 2 aliphatic rings. The molecule has 5 nitrogen and oxygen atoms in total. The first-order valence-corrected chi connectivity index (χ1v) is 9.56. The van der Waals surface area contributed by atoms with E-state index in [0.717, 1.165) is 50.4 Å². The average Bonchev–Trinajstić information content (AvgIpc) is 3.05. The van der Waals surface area contributed by atoms with Crippen LogP contribution in [0.15, 0.2) is 12.1 Å². The molecule has 0 unspecified atom stereocenters. The van der Waals surface area contributed by atoms with Crippen molar-refractivity contribution in [2.24, 2.45) is 0 Å². The third kappa shape index (κ3) is 3.47. The number of thiophene rings is 1. The fourth-order valence-corrected chi connectivity index (χ4v) is 4.84. The number of carboxylic acids is 1. The van der Waals surface area contributed by atoms with Crippen molar-refractivity contribution >= 4 is 35.0 Å². The van der Waals surface area contributed by atoms with Gasteiger partial charge in [-0.25, -0.2) is 4.79 Å². The Morgan fingerprint density at radius 2 is 1.68 bits per heavy atom. The molecule has 1 aromatic rings. The molecule has 1 aromatic heterocycles. The fraction of sp³-hybridized carbons (Fsp3) is 0.600. The van der Waals surface area contributed by atoms with Crippen molar-refractivity contribution in [3.63, 3.8) is 0 Å². The molecule has 2 fully saturated rings. The number of carbonyl (C=O) groups excluding carboxylic acids is 1. The first kappa shape index (κ1) is 15.8. The zero-order chi connectivity index (χ0) is 15.5. The van der Waals surface area contributed by atoms with E-state index in [1.165, 1.54) is 17.6 Å². The summed E-state index contributed by atoms with van der Waals surface area (Å²) in [7, 11) is 0. The summed E-state index contributed by atoms with van der Waals surface area (Å²) in [6.07, 6.45) is 2.04. The largest absolute Gasteiger partial charge is 0.477 e. The molecular formula is C15H20N2O3S2. The van der Waals surface area contributed by atoms with Crippen molar-refractivity contribution in [1.82, 2.24) is 9.80 Å². The summed E-state index contributed by atoms with van der Waals surface area (Å²) in [5.74, 6) is 1.44. The molecule has 3 heterocycles. The molecule has 0 aliphatic carbocycles. The molecule has 0 aromatic carbocycles. The lowest BCUT2D eigenvalue weighted by atomic mass is 10.0. The van der Waals surface area contributed by atoms with E-state index in [9.17, 15) is 9.59 Å². The van der Waals surface area contributed by atoms with E-state index in [4.69, 9.17) is 5.11 Å². The Hall–Kier alpha value is -1.05. The molecule has 22 heavy (non-hydrogen) atoms. The number of hydrogen-bond acceptors (Lipinski definition) is 5. The highest BCUT2D eigenvalue weighted by Gasteiger charge is 2.28. The summed E-state index contributed by atoms with van der Waals surface area (Å²) in [6.45, 7) is 3.87. The Kier molecular flexibility index (Phi) is 5.05. The van der Waals surface area contributed by atoms with Gasteiger partial charge in [-0.1, -0.05) is 0 Å². The molecule has 1 amide bonds. The van der Waals surface area contributed by atoms with Crippen LogP contribution in [0.1, 0.15) is 32.2 Å². The van der Waals surface area contributed by atoms with Crippen LogP contribution in [0.5, 0.6) is 0 Å². The van der Waals surface area contributed by atoms with Crippen molar-refractivity contribution in [3.05, 3.63) is 21.9 Å². The standard InChI is InChI=1S/C15H20N2O3S2/c18-14(12-1-2-13(22-12)15(19)20)17-5-3-11(4-6-17)16-7-9-21-10-8-16/h1-2,11H,3-10H2,(H,19,20). The molecule has 1 N–H and O–H groups in total. The van der Waals surface area contributed by atoms with E-state index >= 15 is 0 Å². The van der Waals surface area contributed by atoms with E-state index in [0.29, 0.717) is 10.9 Å². The van der Waals surface area contributed by atoms with Gasteiger partial charge in [0.1, 0.15) is 4.88 Å². The van der Waals surface area contributed by atoms with Gasteiger partial charge in [-0.05, 0) is 25.0 Å². The Balaban J connectivity index is 1.55. The fourth-order valence-electron chi connectivity index (χ4n) is 3.10. The van der Waals surface area contributed by atoms with E-state index in [-0.39, 0.29) is 10.8 Å². The highest BCUT2D eigenvalue weighted by Crippen LogP contribution is 2.24. The Labute approximate surface area is 138 Å². The summed E-state index contributed by atoms with van der Waals surface area (Å²) >= 11 is 3.08. The van der Waals surface area contributed by atoms with E-state index in [2.05, 4.69) is 4.90 Å². The monoisotopic (exact) mass is 340 g/mol. The molecule has 7 heteroatoms. The van der Waals surface area contributed by atoms with E-state index in [1.807, 2.05) is 16.7 Å². The van der Waals surface area contributed by atoms with Crippen molar-refractivity contribution in [3.8, 4) is 0 Å². The molecule has 0 spiro atoms. The number of likely N-dealkylation sites (tertiary alicyclic amines) is 1. The molecule has 0 atom stereocenters. The number of rotatable bonds is 3. The average molecular weight is 340 g/mol. The van der Waals surface area contributed by atoms with Crippen LogP contribution in [-0.2, 0) is 0 Å². The van der Waals surface area contributed by atoms with Gasteiger partial charge in [-0.3, -0.25) is 9.69 Å². The lowest BCUT2D eigenvalue weighted by molar-refractivity contribution is 0.0635. The minimum Gasteiger partial charge on any atom is -0.477 e. The predicted octanol–water partition coefficient (Wildman–Crippen LogP) is 2.10. The van der Waals surface area contributed by atoms with Crippen LogP contribution in [0.25, 0.3) is 0 Å². The summed E-state index contributed by atoms with van der Waals surface area (Å²) in [6, 6.07) is 3.74. The number of carbonyl (C=O) groups is 2. The van der Waals surface area contributed by atoms with Crippen LogP contribution < -0.4 is 0 Å². The minimum atomic E-state index is -0.967. The minimum absolute atomic E-state index is 0.0230. The third-order valence-corrected chi connectivity index (χ3v) is 6.35. The quantitative estimate of drug-likeness (QED) is 0.913. The van der Waals surface area contributed by atoms with Crippen molar-refractivity contribution in [2.75, 3.05) is 37.7 Å². The highest BCUT2D eigenvalue weighted by atomic mass is 32.2. The second kappa shape index (κ2) is 7.02. The zero-order valence-corrected chi connectivity index (χ0v) is 14.0. The van der Waals surface area contributed by atoms with Gasteiger partial charge >= 0.3 is 5.97 Å². The van der Waals surface area contributed by atoms with Crippen LogP contribution in [-0.4, -0.2) is 70.5 Å². The number of amides is 1. The smallest absolute Gasteiger partial charge is 0.345 e. The van der Waals surface area contributed by atoms with Gasteiger partial charge in [0.2, 0.25) is 0 Å². The summed E-state index contributed by atoms with van der Waals surface area (Å²) in [5, 5.41) is 8.95. The molecule has 2 saturated heterocycles. The van der Waals surface area contributed by atoms with Gasteiger partial charge in [-0.2, -0.15) is 11.8 Å². The number of nitrogens with zero attached hydrogens (tertiary/aromatic N) is 2. The van der Waals surface area contributed by atoms with Crippen molar-refractivity contribution in [2.45, 2.75) is 18.9 Å². The number of aromatic carboxylic acids is 1. The first-order valence-electron chi connectivity index (χ1n) is 7.59. The van der Waals surface area contributed by atoms with Crippen LogP contribution >= 0.6 is 23.1 Å². The topological polar surface area (TPSA) is 60.9 Å². The third-order valence-electron chi connectivity index (χ3n) is 4.34. The molecule has 120 valence electrons. The molecule has 0 saturated carbocycles.